The van der Waals surface area contributed by atoms with Crippen molar-refractivity contribution in [2.45, 2.75) is 26.3 Å². The van der Waals surface area contributed by atoms with Crippen LogP contribution >= 0.6 is 11.6 Å². The molecule has 114 valence electrons. The van der Waals surface area contributed by atoms with E-state index in [1.165, 1.54) is 22.3 Å². The van der Waals surface area contributed by atoms with Crippen LogP contribution in [0.2, 0.25) is 5.02 Å². The van der Waals surface area contributed by atoms with Crippen LogP contribution in [0.3, 0.4) is 0 Å². The number of hydrogen-bond donors (Lipinski definition) is 0. The number of fused-ring (bicyclic) bond motifs is 1. The molecule has 0 aliphatic carbocycles. The minimum absolute atomic E-state index is 0.103. The molecule has 1 heterocycles. The Balaban J connectivity index is 2.06. The molecule has 3 rings (SSSR count). The van der Waals surface area contributed by atoms with Crippen molar-refractivity contribution < 1.29 is 4.79 Å². The van der Waals surface area contributed by atoms with Gasteiger partial charge in [-0.05, 0) is 55.3 Å². The summed E-state index contributed by atoms with van der Waals surface area (Å²) in [6.07, 6.45) is 0. The van der Waals surface area contributed by atoms with E-state index < -0.39 is 0 Å². The molecule has 0 fully saturated rings. The number of carbonyl (C=O) groups excluding carboxylic acids is 1. The number of ketones is 1. The van der Waals surface area contributed by atoms with Crippen molar-refractivity contribution >= 4 is 17.4 Å². The van der Waals surface area contributed by atoms with E-state index in [0.717, 1.165) is 23.7 Å². The van der Waals surface area contributed by atoms with E-state index in [1.54, 1.807) is 6.92 Å². The standard InChI is InChI=1S/C19H20ClNO/c1-12-8-16(20)9-17-18(12)10-21(3)11-19(17)15-6-4-14(5-7-15)13(2)22/h4-9,19H,10-11H2,1-3H3. The number of rotatable bonds is 2. The first-order chi connectivity index (χ1) is 10.5. The fraction of sp³-hybridized carbons (Fsp3) is 0.316. The second-order valence-corrected chi connectivity index (χ2v) is 6.65. The van der Waals surface area contributed by atoms with Gasteiger partial charge in [0, 0.05) is 29.6 Å². The van der Waals surface area contributed by atoms with E-state index in [1.807, 2.05) is 18.2 Å². The number of nitrogens with zero attached hydrogens (tertiary/aromatic N) is 1. The van der Waals surface area contributed by atoms with E-state index in [4.69, 9.17) is 11.6 Å². The molecule has 2 aromatic rings. The van der Waals surface area contributed by atoms with Crippen molar-refractivity contribution in [1.29, 1.82) is 0 Å². The van der Waals surface area contributed by atoms with Gasteiger partial charge in [0.15, 0.2) is 5.78 Å². The van der Waals surface area contributed by atoms with Gasteiger partial charge in [0.05, 0.1) is 0 Å². The fourth-order valence-electron chi connectivity index (χ4n) is 3.31. The van der Waals surface area contributed by atoms with E-state index >= 15 is 0 Å². The van der Waals surface area contributed by atoms with Crippen molar-refractivity contribution in [3.05, 3.63) is 69.2 Å². The zero-order valence-corrected chi connectivity index (χ0v) is 13.9. The van der Waals surface area contributed by atoms with Gasteiger partial charge in [0.1, 0.15) is 0 Å². The number of benzene rings is 2. The van der Waals surface area contributed by atoms with Gasteiger partial charge in [-0.15, -0.1) is 0 Å². The third kappa shape index (κ3) is 2.81. The van der Waals surface area contributed by atoms with Gasteiger partial charge in [0.25, 0.3) is 0 Å². The van der Waals surface area contributed by atoms with Crippen LogP contribution in [-0.4, -0.2) is 24.3 Å². The summed E-state index contributed by atoms with van der Waals surface area (Å²) in [7, 11) is 2.15. The molecule has 2 aromatic carbocycles. The van der Waals surface area contributed by atoms with Crippen molar-refractivity contribution in [2.75, 3.05) is 13.6 Å². The summed E-state index contributed by atoms with van der Waals surface area (Å²) >= 11 is 6.28. The van der Waals surface area contributed by atoms with Gasteiger partial charge in [-0.2, -0.15) is 0 Å². The summed E-state index contributed by atoms with van der Waals surface area (Å²) in [5.74, 6) is 0.402. The van der Waals surface area contributed by atoms with Crippen molar-refractivity contribution in [1.82, 2.24) is 4.90 Å². The lowest BCUT2D eigenvalue weighted by Crippen LogP contribution is -2.31. The van der Waals surface area contributed by atoms with Gasteiger partial charge in [-0.1, -0.05) is 35.9 Å². The summed E-state index contributed by atoms with van der Waals surface area (Å²) in [6.45, 7) is 5.65. The number of halogens is 1. The summed E-state index contributed by atoms with van der Waals surface area (Å²) in [4.78, 5) is 13.8. The Labute approximate surface area is 136 Å². The highest BCUT2D eigenvalue weighted by molar-refractivity contribution is 6.30. The largest absolute Gasteiger partial charge is 0.301 e. The molecule has 0 bridgehead atoms. The first-order valence-corrected chi connectivity index (χ1v) is 7.92. The predicted octanol–water partition coefficient (Wildman–Crippen LogP) is 4.43. The Kier molecular flexibility index (Phi) is 4.07. The molecule has 0 spiro atoms. The summed E-state index contributed by atoms with van der Waals surface area (Å²) in [6, 6.07) is 12.1. The molecule has 0 radical (unpaired) electrons. The minimum Gasteiger partial charge on any atom is -0.301 e. The molecule has 1 aliphatic rings. The van der Waals surface area contributed by atoms with Crippen molar-refractivity contribution in [2.24, 2.45) is 0 Å². The highest BCUT2D eigenvalue weighted by atomic mass is 35.5. The normalized spacial score (nSPS) is 18.1. The van der Waals surface area contributed by atoms with Gasteiger partial charge in [0.2, 0.25) is 0 Å². The Morgan fingerprint density at radius 1 is 1.23 bits per heavy atom. The van der Waals surface area contributed by atoms with E-state index in [9.17, 15) is 4.79 Å². The molecule has 2 nitrogen and oxygen atoms in total. The maximum Gasteiger partial charge on any atom is 0.159 e. The van der Waals surface area contributed by atoms with Crippen LogP contribution in [0.25, 0.3) is 0 Å². The van der Waals surface area contributed by atoms with Crippen molar-refractivity contribution in [3.8, 4) is 0 Å². The number of aryl methyl sites for hydroxylation is 1. The fourth-order valence-corrected chi connectivity index (χ4v) is 3.59. The van der Waals surface area contributed by atoms with Crippen LogP contribution in [0, 0.1) is 6.92 Å². The molecule has 0 aromatic heterocycles. The summed E-state index contributed by atoms with van der Waals surface area (Å²) in [5.41, 5.74) is 5.94. The molecule has 0 amide bonds. The number of hydrogen-bond acceptors (Lipinski definition) is 2. The number of Topliss-reactive ketones (excluding diaryl/α,β-unsaturated/α-hetero) is 1. The average Bonchev–Trinajstić information content (AvgIpc) is 2.47. The molecule has 22 heavy (non-hydrogen) atoms. The molecule has 0 saturated heterocycles. The van der Waals surface area contributed by atoms with Crippen LogP contribution in [-0.2, 0) is 6.54 Å². The first kappa shape index (κ1) is 15.3. The highest BCUT2D eigenvalue weighted by Crippen LogP contribution is 2.36. The third-order valence-corrected chi connectivity index (χ3v) is 4.71. The Bertz CT molecular complexity index is 721. The molecule has 0 N–H and O–H groups in total. The summed E-state index contributed by atoms with van der Waals surface area (Å²) in [5, 5.41) is 0.797. The molecule has 1 unspecified atom stereocenters. The second-order valence-electron chi connectivity index (χ2n) is 6.22. The lowest BCUT2D eigenvalue weighted by atomic mass is 9.83. The van der Waals surface area contributed by atoms with Gasteiger partial charge in [-0.25, -0.2) is 0 Å². The van der Waals surface area contributed by atoms with Crippen LogP contribution < -0.4 is 0 Å². The van der Waals surface area contributed by atoms with Crippen LogP contribution in [0.15, 0.2) is 36.4 Å². The van der Waals surface area contributed by atoms with Crippen LogP contribution in [0.5, 0.6) is 0 Å². The van der Waals surface area contributed by atoms with E-state index in [2.05, 4.69) is 37.1 Å². The molecule has 3 heteroatoms. The summed E-state index contributed by atoms with van der Waals surface area (Å²) < 4.78 is 0. The maximum absolute atomic E-state index is 11.4. The van der Waals surface area contributed by atoms with E-state index in [0.29, 0.717) is 5.92 Å². The zero-order chi connectivity index (χ0) is 15.9. The number of carbonyl (C=O) groups is 1. The second kappa shape index (κ2) is 5.86. The van der Waals surface area contributed by atoms with Gasteiger partial charge < -0.3 is 4.90 Å². The molecule has 0 saturated carbocycles. The third-order valence-electron chi connectivity index (χ3n) is 4.49. The Hall–Kier alpha value is -1.64. The first-order valence-electron chi connectivity index (χ1n) is 7.54. The Morgan fingerprint density at radius 2 is 1.91 bits per heavy atom. The quantitative estimate of drug-likeness (QED) is 0.765. The SMILES string of the molecule is CC(=O)c1ccc(C2CN(C)Cc3c(C)cc(Cl)cc32)cc1. The molecule has 1 atom stereocenters. The predicted molar refractivity (Wildman–Crippen MR) is 90.8 cm³/mol. The monoisotopic (exact) mass is 313 g/mol. The molecular weight excluding hydrogens is 294 g/mol. The lowest BCUT2D eigenvalue weighted by Gasteiger charge is -2.34. The highest BCUT2D eigenvalue weighted by Gasteiger charge is 2.26. The average molecular weight is 314 g/mol. The van der Waals surface area contributed by atoms with Crippen LogP contribution in [0.4, 0.5) is 0 Å². The number of likely N-dealkylation sites (N-methyl/N-ethyl adjacent to an activating group) is 1. The minimum atomic E-state index is 0.103. The topological polar surface area (TPSA) is 20.3 Å². The van der Waals surface area contributed by atoms with Gasteiger partial charge >= 0.3 is 0 Å². The molecular formula is C19H20ClNO. The smallest absolute Gasteiger partial charge is 0.159 e. The van der Waals surface area contributed by atoms with Crippen LogP contribution in [0.1, 0.15) is 45.5 Å². The van der Waals surface area contributed by atoms with E-state index in [-0.39, 0.29) is 5.78 Å². The maximum atomic E-state index is 11.4. The van der Waals surface area contributed by atoms with Gasteiger partial charge in [-0.3, -0.25) is 4.79 Å². The van der Waals surface area contributed by atoms with Crippen molar-refractivity contribution in [3.63, 3.8) is 0 Å². The zero-order valence-electron chi connectivity index (χ0n) is 13.2. The molecule has 1 aliphatic heterocycles. The lowest BCUT2D eigenvalue weighted by molar-refractivity contribution is 0.101. The Morgan fingerprint density at radius 3 is 2.55 bits per heavy atom.